The number of benzene rings is 1. The molecule has 1 N–H and O–H groups in total. The number of nitrogens with one attached hydrogen (secondary N) is 1. The van der Waals surface area contributed by atoms with E-state index in [4.69, 9.17) is 16.1 Å². The highest BCUT2D eigenvalue weighted by Crippen LogP contribution is 2.27. The first-order valence-electron chi connectivity index (χ1n) is 7.54. The number of nitrogens with zero attached hydrogens (tertiary/aromatic N) is 1. The first kappa shape index (κ1) is 16.7. The molecule has 3 aromatic rings. The summed E-state index contributed by atoms with van der Waals surface area (Å²) in [5.41, 5.74) is 2.59. The molecule has 1 aromatic carbocycles. The molecular weight excluding hydrogens is 344 g/mol. The molecule has 0 bridgehead atoms. The normalized spacial score (nSPS) is 12.1. The molecule has 24 heavy (non-hydrogen) atoms. The molecule has 4 nitrogen and oxygen atoms in total. The minimum absolute atomic E-state index is 0.0715. The van der Waals surface area contributed by atoms with E-state index in [1.165, 1.54) is 0 Å². The Morgan fingerprint density at radius 3 is 2.62 bits per heavy atom. The molecule has 0 aliphatic carbocycles. The van der Waals surface area contributed by atoms with Crippen molar-refractivity contribution in [3.8, 4) is 0 Å². The van der Waals surface area contributed by atoms with Gasteiger partial charge in [-0.3, -0.25) is 4.79 Å². The molecule has 1 amide bonds. The van der Waals surface area contributed by atoms with Crippen LogP contribution in [0.25, 0.3) is 0 Å². The van der Waals surface area contributed by atoms with Crippen molar-refractivity contribution < 1.29 is 9.32 Å². The van der Waals surface area contributed by atoms with Crippen LogP contribution in [0.2, 0.25) is 5.02 Å². The summed E-state index contributed by atoms with van der Waals surface area (Å²) in [5.74, 6) is 0.611. The fourth-order valence-electron chi connectivity index (χ4n) is 2.56. The molecule has 1 atom stereocenters. The molecule has 2 heterocycles. The number of amides is 1. The fourth-order valence-corrected chi connectivity index (χ4v) is 3.48. The van der Waals surface area contributed by atoms with Gasteiger partial charge in [-0.2, -0.15) is 0 Å². The summed E-state index contributed by atoms with van der Waals surface area (Å²) in [4.78, 5) is 13.6. The Morgan fingerprint density at radius 2 is 2.04 bits per heavy atom. The Bertz CT molecular complexity index is 806. The van der Waals surface area contributed by atoms with Crippen LogP contribution in [-0.2, 0) is 11.2 Å². The lowest BCUT2D eigenvalue weighted by atomic mass is 10.0. The highest BCUT2D eigenvalue weighted by molar-refractivity contribution is 7.10. The van der Waals surface area contributed by atoms with Crippen molar-refractivity contribution in [2.24, 2.45) is 0 Å². The summed E-state index contributed by atoms with van der Waals surface area (Å²) in [5, 5.41) is 9.68. The predicted molar refractivity (Wildman–Crippen MR) is 95.4 cm³/mol. The van der Waals surface area contributed by atoms with Gasteiger partial charge < -0.3 is 9.84 Å². The van der Waals surface area contributed by atoms with Gasteiger partial charge in [0.2, 0.25) is 5.91 Å². The molecule has 6 heteroatoms. The van der Waals surface area contributed by atoms with Crippen LogP contribution in [0.15, 0.2) is 46.3 Å². The fraction of sp³-hybridized carbons (Fsp3) is 0.222. The first-order chi connectivity index (χ1) is 11.5. The second kappa shape index (κ2) is 7.20. The lowest BCUT2D eigenvalue weighted by molar-refractivity contribution is -0.120. The van der Waals surface area contributed by atoms with Crippen molar-refractivity contribution in [2.75, 3.05) is 0 Å². The second-order valence-corrected chi connectivity index (χ2v) is 6.96. The van der Waals surface area contributed by atoms with Crippen LogP contribution >= 0.6 is 22.9 Å². The van der Waals surface area contributed by atoms with Gasteiger partial charge in [0.05, 0.1) is 18.2 Å². The van der Waals surface area contributed by atoms with Gasteiger partial charge in [0.15, 0.2) is 0 Å². The smallest absolute Gasteiger partial charge is 0.225 e. The molecule has 0 spiro atoms. The predicted octanol–water partition coefficient (Wildman–Crippen LogP) is 4.45. The van der Waals surface area contributed by atoms with E-state index in [0.717, 1.165) is 21.7 Å². The van der Waals surface area contributed by atoms with Crippen LogP contribution in [0, 0.1) is 13.8 Å². The minimum Gasteiger partial charge on any atom is -0.361 e. The molecular formula is C18H17ClN2O2S. The first-order valence-corrected chi connectivity index (χ1v) is 8.80. The highest BCUT2D eigenvalue weighted by atomic mass is 35.5. The van der Waals surface area contributed by atoms with Crippen molar-refractivity contribution >= 4 is 28.8 Å². The van der Waals surface area contributed by atoms with E-state index < -0.39 is 0 Å². The Morgan fingerprint density at radius 1 is 1.29 bits per heavy atom. The zero-order valence-corrected chi connectivity index (χ0v) is 14.9. The Hall–Kier alpha value is -2.11. The van der Waals surface area contributed by atoms with E-state index in [1.54, 1.807) is 11.3 Å². The van der Waals surface area contributed by atoms with Gasteiger partial charge in [-0.15, -0.1) is 11.3 Å². The number of carbonyl (C=O) groups excluding carboxylic acids is 1. The van der Waals surface area contributed by atoms with Gasteiger partial charge in [0.1, 0.15) is 5.76 Å². The number of halogens is 1. The van der Waals surface area contributed by atoms with Crippen LogP contribution in [0.1, 0.15) is 33.5 Å². The molecule has 2 aromatic heterocycles. The van der Waals surface area contributed by atoms with Crippen molar-refractivity contribution in [3.63, 3.8) is 0 Å². The van der Waals surface area contributed by atoms with Crippen molar-refractivity contribution in [2.45, 2.75) is 26.3 Å². The van der Waals surface area contributed by atoms with E-state index in [2.05, 4.69) is 10.5 Å². The van der Waals surface area contributed by atoms with Crippen molar-refractivity contribution in [1.29, 1.82) is 0 Å². The monoisotopic (exact) mass is 360 g/mol. The molecule has 1 unspecified atom stereocenters. The zero-order valence-electron chi connectivity index (χ0n) is 13.4. The summed E-state index contributed by atoms with van der Waals surface area (Å²) >= 11 is 7.58. The Labute approximate surface area is 149 Å². The Kier molecular flexibility index (Phi) is 5.02. The lowest BCUT2D eigenvalue weighted by Gasteiger charge is -2.18. The van der Waals surface area contributed by atoms with Gasteiger partial charge in [-0.1, -0.05) is 35.0 Å². The third kappa shape index (κ3) is 3.68. The molecule has 0 aliphatic heterocycles. The summed E-state index contributed by atoms with van der Waals surface area (Å²) in [6, 6.07) is 11.3. The average molecular weight is 361 g/mol. The van der Waals surface area contributed by atoms with E-state index in [0.29, 0.717) is 10.8 Å². The van der Waals surface area contributed by atoms with E-state index in [9.17, 15) is 4.79 Å². The number of aryl methyl sites for hydroxylation is 2. The molecule has 0 saturated carbocycles. The van der Waals surface area contributed by atoms with Crippen LogP contribution in [0.5, 0.6) is 0 Å². The number of thiophene rings is 1. The topological polar surface area (TPSA) is 55.1 Å². The molecule has 0 radical (unpaired) electrons. The number of hydrogen-bond acceptors (Lipinski definition) is 4. The third-order valence-electron chi connectivity index (χ3n) is 3.85. The van der Waals surface area contributed by atoms with Crippen molar-refractivity contribution in [3.05, 3.63) is 74.3 Å². The van der Waals surface area contributed by atoms with Gasteiger partial charge in [0, 0.05) is 15.5 Å². The number of hydrogen-bond donors (Lipinski definition) is 1. The average Bonchev–Trinajstić information content (AvgIpc) is 3.19. The highest BCUT2D eigenvalue weighted by Gasteiger charge is 2.20. The quantitative estimate of drug-likeness (QED) is 0.731. The zero-order chi connectivity index (χ0) is 17.1. The van der Waals surface area contributed by atoms with Crippen LogP contribution in [0.3, 0.4) is 0 Å². The molecule has 0 fully saturated rings. The van der Waals surface area contributed by atoms with Gasteiger partial charge in [-0.25, -0.2) is 0 Å². The molecule has 0 aliphatic rings. The second-order valence-electron chi connectivity index (χ2n) is 5.55. The Balaban J connectivity index is 1.82. The standard InChI is InChI=1S/C18H17ClN2O2S/c1-11-15(12(2)23-21-11)10-17(22)20-18(16-4-3-9-24-16)13-5-7-14(19)8-6-13/h3-9,18H,10H2,1-2H3,(H,20,22). The summed E-state index contributed by atoms with van der Waals surface area (Å²) in [6.07, 6.45) is 0.247. The maximum absolute atomic E-state index is 12.6. The van der Waals surface area contributed by atoms with Gasteiger partial charge in [-0.05, 0) is 43.0 Å². The van der Waals surface area contributed by atoms with Gasteiger partial charge in [0.25, 0.3) is 0 Å². The summed E-state index contributed by atoms with van der Waals surface area (Å²) < 4.78 is 5.13. The third-order valence-corrected chi connectivity index (χ3v) is 5.04. The van der Waals surface area contributed by atoms with E-state index in [-0.39, 0.29) is 18.4 Å². The van der Waals surface area contributed by atoms with E-state index >= 15 is 0 Å². The molecule has 0 saturated heterocycles. The number of rotatable bonds is 5. The lowest BCUT2D eigenvalue weighted by Crippen LogP contribution is -2.30. The maximum Gasteiger partial charge on any atom is 0.225 e. The maximum atomic E-state index is 12.6. The van der Waals surface area contributed by atoms with Crippen LogP contribution < -0.4 is 5.32 Å². The van der Waals surface area contributed by atoms with Gasteiger partial charge >= 0.3 is 0 Å². The SMILES string of the molecule is Cc1noc(C)c1CC(=O)NC(c1ccc(Cl)cc1)c1cccs1. The van der Waals surface area contributed by atoms with Crippen LogP contribution in [-0.4, -0.2) is 11.1 Å². The number of aromatic nitrogens is 1. The van der Waals surface area contributed by atoms with Crippen molar-refractivity contribution in [1.82, 2.24) is 10.5 Å². The largest absolute Gasteiger partial charge is 0.361 e. The van der Waals surface area contributed by atoms with Crippen LogP contribution in [0.4, 0.5) is 0 Å². The summed E-state index contributed by atoms with van der Waals surface area (Å²) in [6.45, 7) is 3.66. The molecule has 124 valence electrons. The van der Waals surface area contributed by atoms with E-state index in [1.807, 2.05) is 55.6 Å². The molecule has 3 rings (SSSR count). The minimum atomic E-state index is -0.199. The number of carbonyl (C=O) groups is 1. The summed E-state index contributed by atoms with van der Waals surface area (Å²) in [7, 11) is 0.